The lowest BCUT2D eigenvalue weighted by atomic mass is 10.2. The highest BCUT2D eigenvalue weighted by molar-refractivity contribution is 9.11. The quantitative estimate of drug-likeness (QED) is 0.551. The van der Waals surface area contributed by atoms with Gasteiger partial charge in [-0.05, 0) is 53.9 Å². The van der Waals surface area contributed by atoms with E-state index in [1.807, 2.05) is 24.3 Å². The zero-order valence-corrected chi connectivity index (χ0v) is 10.9. The molecular weight excluding hydrogens is 252 g/mol. The number of benzene rings is 1. The lowest BCUT2D eigenvalue weighted by Crippen LogP contribution is -1.87. The molecule has 0 atom stereocenters. The maximum atomic E-state index is 5.59. The Balaban J connectivity index is 2.47. The Morgan fingerprint density at radius 2 is 2.00 bits per heavy atom. The molecule has 0 saturated heterocycles. The third kappa shape index (κ3) is 5.03. The number of rotatable bonds is 5. The highest BCUT2D eigenvalue weighted by atomic mass is 79.9. The average Bonchev–Trinajstić information content (AvgIpc) is 2.22. The molecule has 1 aromatic rings. The second kappa shape index (κ2) is 6.67. The van der Waals surface area contributed by atoms with Gasteiger partial charge in [-0.2, -0.15) is 0 Å². The number of aryl methyl sites for hydroxylation is 1. The van der Waals surface area contributed by atoms with Crippen LogP contribution in [-0.4, -0.2) is 0 Å². The van der Waals surface area contributed by atoms with Gasteiger partial charge in [-0.1, -0.05) is 31.0 Å². The highest BCUT2D eigenvalue weighted by Gasteiger charge is 1.95. The van der Waals surface area contributed by atoms with Gasteiger partial charge in [-0.3, -0.25) is 0 Å². The summed E-state index contributed by atoms with van der Waals surface area (Å²) < 4.78 is 6.40. The molecule has 0 amide bonds. The predicted octanol–water partition coefficient (Wildman–Crippen LogP) is 4.80. The number of halogens is 1. The third-order valence-corrected chi connectivity index (χ3v) is 2.58. The number of hydrogen-bond acceptors (Lipinski definition) is 1. The second-order valence-electron chi connectivity index (χ2n) is 3.57. The maximum absolute atomic E-state index is 5.59. The first kappa shape index (κ1) is 12.3. The molecule has 0 fully saturated rings. The van der Waals surface area contributed by atoms with Crippen LogP contribution in [0.1, 0.15) is 31.7 Å². The minimum absolute atomic E-state index is 0.805. The minimum atomic E-state index is 0.805. The van der Waals surface area contributed by atoms with Crippen molar-refractivity contribution in [3.8, 4) is 5.75 Å². The van der Waals surface area contributed by atoms with Crippen LogP contribution in [0.15, 0.2) is 35.0 Å². The fourth-order valence-corrected chi connectivity index (χ4v) is 1.60. The molecule has 0 heterocycles. The van der Waals surface area contributed by atoms with Crippen LogP contribution < -0.4 is 4.74 Å². The van der Waals surface area contributed by atoms with Crippen molar-refractivity contribution in [3.63, 3.8) is 0 Å². The molecule has 0 radical (unpaired) electrons. The number of allylic oxidation sites excluding steroid dienone is 1. The summed E-state index contributed by atoms with van der Waals surface area (Å²) in [7, 11) is 0. The molecule has 1 rings (SSSR count). The van der Waals surface area contributed by atoms with Gasteiger partial charge in [0.15, 0.2) is 4.67 Å². The molecule has 1 aromatic carbocycles. The van der Waals surface area contributed by atoms with Crippen LogP contribution in [0.25, 0.3) is 0 Å². The van der Waals surface area contributed by atoms with E-state index >= 15 is 0 Å². The molecule has 0 aliphatic rings. The molecular formula is C13H17BrO. The summed E-state index contributed by atoms with van der Waals surface area (Å²) in [5.74, 6) is 0.875. The normalized spacial score (nSPS) is 11.5. The Morgan fingerprint density at radius 1 is 1.33 bits per heavy atom. The van der Waals surface area contributed by atoms with Gasteiger partial charge in [0, 0.05) is 0 Å². The first-order valence-electron chi connectivity index (χ1n) is 5.32. The van der Waals surface area contributed by atoms with Crippen LogP contribution in [0.5, 0.6) is 5.75 Å². The molecule has 0 unspecified atom stereocenters. The van der Waals surface area contributed by atoms with Gasteiger partial charge in [0.25, 0.3) is 0 Å². The van der Waals surface area contributed by atoms with E-state index in [1.165, 1.54) is 18.4 Å². The van der Waals surface area contributed by atoms with E-state index in [4.69, 9.17) is 4.74 Å². The number of unbranched alkanes of at least 4 members (excludes halogenated alkanes) is 2. The average molecular weight is 269 g/mol. The van der Waals surface area contributed by atoms with Gasteiger partial charge >= 0.3 is 0 Å². The molecule has 82 valence electrons. The lowest BCUT2D eigenvalue weighted by Gasteiger charge is -2.04. The number of hydrogen-bond donors (Lipinski definition) is 0. The van der Waals surface area contributed by atoms with Crippen LogP contribution in [0.2, 0.25) is 0 Å². The van der Waals surface area contributed by atoms with E-state index in [-0.39, 0.29) is 0 Å². The molecule has 0 aliphatic heterocycles. The topological polar surface area (TPSA) is 9.23 Å². The fourth-order valence-electron chi connectivity index (χ4n) is 1.18. The standard InChI is InChI=1S/C13H17BrO/c1-3-4-5-6-13(14)15-12-9-7-11(2)8-10-12/h6-10H,3-5H2,1-2H3/b13-6+. The van der Waals surface area contributed by atoms with Crippen LogP contribution >= 0.6 is 15.9 Å². The van der Waals surface area contributed by atoms with Gasteiger partial charge in [0.2, 0.25) is 0 Å². The maximum Gasteiger partial charge on any atom is 0.165 e. The smallest absolute Gasteiger partial charge is 0.165 e. The molecule has 0 spiro atoms. The van der Waals surface area contributed by atoms with E-state index in [1.54, 1.807) is 0 Å². The van der Waals surface area contributed by atoms with Crippen molar-refractivity contribution in [2.75, 3.05) is 0 Å². The second-order valence-corrected chi connectivity index (χ2v) is 4.35. The van der Waals surface area contributed by atoms with Gasteiger partial charge in [-0.25, -0.2) is 0 Å². The lowest BCUT2D eigenvalue weighted by molar-refractivity contribution is 0.466. The molecule has 0 bridgehead atoms. The van der Waals surface area contributed by atoms with E-state index in [2.05, 4.69) is 35.9 Å². The van der Waals surface area contributed by atoms with Crippen LogP contribution in [-0.2, 0) is 0 Å². The van der Waals surface area contributed by atoms with Crippen LogP contribution in [0.4, 0.5) is 0 Å². The summed E-state index contributed by atoms with van der Waals surface area (Å²) in [4.78, 5) is 0. The summed E-state index contributed by atoms with van der Waals surface area (Å²) in [6.07, 6.45) is 5.54. The predicted molar refractivity (Wildman–Crippen MR) is 68.3 cm³/mol. The van der Waals surface area contributed by atoms with Crippen molar-refractivity contribution in [3.05, 3.63) is 40.6 Å². The Kier molecular flexibility index (Phi) is 5.48. The van der Waals surface area contributed by atoms with E-state index in [0.717, 1.165) is 16.8 Å². The molecule has 0 aliphatic carbocycles. The van der Waals surface area contributed by atoms with Gasteiger partial charge < -0.3 is 4.74 Å². The Hall–Kier alpha value is -0.760. The van der Waals surface area contributed by atoms with Crippen molar-refractivity contribution in [2.24, 2.45) is 0 Å². The summed E-state index contributed by atoms with van der Waals surface area (Å²) in [5, 5.41) is 0. The van der Waals surface area contributed by atoms with Gasteiger partial charge in [0.05, 0.1) is 0 Å². The van der Waals surface area contributed by atoms with E-state index in [9.17, 15) is 0 Å². The van der Waals surface area contributed by atoms with Crippen LogP contribution in [0.3, 0.4) is 0 Å². The van der Waals surface area contributed by atoms with Crippen LogP contribution in [0, 0.1) is 6.92 Å². The van der Waals surface area contributed by atoms with E-state index in [0.29, 0.717) is 0 Å². The Labute approximate surface area is 100 Å². The summed E-state index contributed by atoms with van der Waals surface area (Å²) in [6, 6.07) is 8.04. The molecule has 0 N–H and O–H groups in total. The fraction of sp³-hybridized carbons (Fsp3) is 0.385. The summed E-state index contributed by atoms with van der Waals surface area (Å²) >= 11 is 3.40. The zero-order valence-electron chi connectivity index (χ0n) is 9.29. The molecule has 1 nitrogen and oxygen atoms in total. The molecule has 15 heavy (non-hydrogen) atoms. The first-order valence-corrected chi connectivity index (χ1v) is 6.12. The van der Waals surface area contributed by atoms with Crippen molar-refractivity contribution in [1.29, 1.82) is 0 Å². The third-order valence-electron chi connectivity index (χ3n) is 2.10. The Bertz CT molecular complexity index is 314. The minimum Gasteiger partial charge on any atom is -0.450 e. The van der Waals surface area contributed by atoms with Gasteiger partial charge in [-0.15, -0.1) is 0 Å². The van der Waals surface area contributed by atoms with Crippen molar-refractivity contribution >= 4 is 15.9 Å². The largest absolute Gasteiger partial charge is 0.450 e. The monoisotopic (exact) mass is 268 g/mol. The Morgan fingerprint density at radius 3 is 2.60 bits per heavy atom. The van der Waals surface area contributed by atoms with Crippen molar-refractivity contribution < 1.29 is 4.74 Å². The van der Waals surface area contributed by atoms with Crippen molar-refractivity contribution in [2.45, 2.75) is 33.1 Å². The van der Waals surface area contributed by atoms with E-state index < -0.39 is 0 Å². The molecule has 0 saturated carbocycles. The SMILES string of the molecule is CCCC/C=C(\Br)Oc1ccc(C)cc1. The highest BCUT2D eigenvalue weighted by Crippen LogP contribution is 2.18. The van der Waals surface area contributed by atoms with Crippen molar-refractivity contribution in [1.82, 2.24) is 0 Å². The zero-order chi connectivity index (χ0) is 11.1. The molecule has 0 aromatic heterocycles. The molecule has 2 heteroatoms. The van der Waals surface area contributed by atoms with Gasteiger partial charge in [0.1, 0.15) is 5.75 Å². The number of ether oxygens (including phenoxy) is 1. The summed E-state index contributed by atoms with van der Waals surface area (Å²) in [5.41, 5.74) is 1.24. The first-order chi connectivity index (χ1) is 7.22. The summed E-state index contributed by atoms with van der Waals surface area (Å²) in [6.45, 7) is 4.25.